The van der Waals surface area contributed by atoms with Crippen LogP contribution in [-0.2, 0) is 0 Å². The Hall–Kier alpha value is -1.32. The third-order valence-corrected chi connectivity index (χ3v) is 6.61. The van der Waals surface area contributed by atoms with Crippen LogP contribution in [0.4, 0.5) is 0 Å². The fourth-order valence-corrected chi connectivity index (χ4v) is 4.85. The molecule has 0 saturated carbocycles. The summed E-state index contributed by atoms with van der Waals surface area (Å²) < 4.78 is 0. The number of allylic oxidation sites excluding steroid dienone is 3. The largest absolute Gasteiger partial charge is 0.367 e. The van der Waals surface area contributed by atoms with E-state index in [0.717, 1.165) is 12.0 Å². The lowest BCUT2D eigenvalue weighted by Crippen LogP contribution is -2.46. The molecule has 1 unspecified atom stereocenters. The van der Waals surface area contributed by atoms with E-state index in [-0.39, 0.29) is 0 Å². The summed E-state index contributed by atoms with van der Waals surface area (Å²) in [5.74, 6) is 1.59. The van der Waals surface area contributed by atoms with Crippen molar-refractivity contribution >= 4 is 6.08 Å². The van der Waals surface area contributed by atoms with Gasteiger partial charge in [0.15, 0.2) is 0 Å². The molecule has 2 fully saturated rings. The van der Waals surface area contributed by atoms with Gasteiger partial charge in [-0.2, -0.15) is 0 Å². The van der Waals surface area contributed by atoms with E-state index >= 15 is 0 Å². The third-order valence-electron chi connectivity index (χ3n) is 6.61. The number of hydrogen-bond donors (Lipinski definition) is 1. The summed E-state index contributed by atoms with van der Waals surface area (Å²) in [5.41, 5.74) is 4.21. The Morgan fingerprint density at radius 2 is 1.81 bits per heavy atom. The average Bonchev–Trinajstić information content (AvgIpc) is 3.10. The molecular formula is C23H37N3. The first kappa shape index (κ1) is 19.4. The Balaban J connectivity index is 1.57. The number of aromatic amines is 1. The summed E-state index contributed by atoms with van der Waals surface area (Å²) in [6, 6.07) is 0.743. The van der Waals surface area contributed by atoms with Crippen molar-refractivity contribution in [3.05, 3.63) is 41.2 Å². The SMILES string of the molecule is C/C=C\C(C)=C/c1c[nH]cc1C1CCN(C(C)C2CCN(C)CC2)CC1. The van der Waals surface area contributed by atoms with Crippen molar-refractivity contribution in [3.63, 3.8) is 0 Å². The minimum absolute atomic E-state index is 0.701. The lowest BCUT2D eigenvalue weighted by atomic mass is 9.85. The highest BCUT2D eigenvalue weighted by Crippen LogP contribution is 2.34. The molecule has 2 aliphatic heterocycles. The van der Waals surface area contributed by atoms with Crippen molar-refractivity contribution in [1.29, 1.82) is 0 Å². The molecule has 0 aromatic carbocycles. The summed E-state index contributed by atoms with van der Waals surface area (Å²) >= 11 is 0. The van der Waals surface area contributed by atoms with Gasteiger partial charge >= 0.3 is 0 Å². The van der Waals surface area contributed by atoms with E-state index in [9.17, 15) is 0 Å². The monoisotopic (exact) mass is 355 g/mol. The highest BCUT2D eigenvalue weighted by Gasteiger charge is 2.30. The van der Waals surface area contributed by atoms with Crippen LogP contribution in [0.1, 0.15) is 63.5 Å². The molecule has 2 aliphatic rings. The molecule has 0 amide bonds. The van der Waals surface area contributed by atoms with Crippen LogP contribution in [0.5, 0.6) is 0 Å². The number of likely N-dealkylation sites (tertiary alicyclic amines) is 2. The van der Waals surface area contributed by atoms with Gasteiger partial charge in [-0.1, -0.05) is 23.8 Å². The Morgan fingerprint density at radius 3 is 2.46 bits per heavy atom. The van der Waals surface area contributed by atoms with Crippen LogP contribution < -0.4 is 0 Å². The predicted octanol–water partition coefficient (Wildman–Crippen LogP) is 4.90. The predicted molar refractivity (Wildman–Crippen MR) is 112 cm³/mol. The first-order valence-electron chi connectivity index (χ1n) is 10.5. The molecule has 3 heteroatoms. The molecule has 3 nitrogen and oxygen atoms in total. The van der Waals surface area contributed by atoms with Crippen molar-refractivity contribution in [2.24, 2.45) is 5.92 Å². The zero-order valence-electron chi connectivity index (χ0n) is 17.2. The molecule has 1 aromatic heterocycles. The molecule has 26 heavy (non-hydrogen) atoms. The minimum atomic E-state index is 0.701. The third kappa shape index (κ3) is 4.69. The molecule has 1 atom stereocenters. The summed E-state index contributed by atoms with van der Waals surface area (Å²) in [4.78, 5) is 8.59. The lowest BCUT2D eigenvalue weighted by Gasteiger charge is -2.42. The zero-order chi connectivity index (χ0) is 18.5. The lowest BCUT2D eigenvalue weighted by molar-refractivity contribution is 0.0851. The number of hydrogen-bond acceptors (Lipinski definition) is 2. The average molecular weight is 356 g/mol. The van der Waals surface area contributed by atoms with E-state index < -0.39 is 0 Å². The van der Waals surface area contributed by atoms with Gasteiger partial charge in [0.25, 0.3) is 0 Å². The topological polar surface area (TPSA) is 22.3 Å². The van der Waals surface area contributed by atoms with Crippen LogP contribution in [0.3, 0.4) is 0 Å². The van der Waals surface area contributed by atoms with Gasteiger partial charge in [0.2, 0.25) is 0 Å². The smallest absolute Gasteiger partial charge is 0.00961 e. The maximum atomic E-state index is 3.35. The second-order valence-corrected chi connectivity index (χ2v) is 8.45. The quantitative estimate of drug-likeness (QED) is 0.759. The van der Waals surface area contributed by atoms with E-state index in [1.807, 2.05) is 0 Å². The Kier molecular flexibility index (Phi) is 6.77. The van der Waals surface area contributed by atoms with E-state index in [2.05, 4.69) is 73.2 Å². The maximum absolute atomic E-state index is 3.35. The summed E-state index contributed by atoms with van der Waals surface area (Å²) in [6.07, 6.45) is 16.3. The maximum Gasteiger partial charge on any atom is 0.00961 e. The zero-order valence-corrected chi connectivity index (χ0v) is 17.2. The van der Waals surface area contributed by atoms with Crippen molar-refractivity contribution < 1.29 is 0 Å². The van der Waals surface area contributed by atoms with Crippen LogP contribution in [0, 0.1) is 5.92 Å². The molecule has 1 aromatic rings. The van der Waals surface area contributed by atoms with Crippen LogP contribution in [-0.4, -0.2) is 54.1 Å². The minimum Gasteiger partial charge on any atom is -0.367 e. The first-order chi connectivity index (χ1) is 12.6. The van der Waals surface area contributed by atoms with Gasteiger partial charge in [-0.05, 0) is 103 Å². The summed E-state index contributed by atoms with van der Waals surface area (Å²) in [6.45, 7) is 11.8. The first-order valence-corrected chi connectivity index (χ1v) is 10.5. The van der Waals surface area contributed by atoms with Crippen LogP contribution in [0.2, 0.25) is 0 Å². The van der Waals surface area contributed by atoms with Gasteiger partial charge in [-0.15, -0.1) is 0 Å². The number of nitrogens with one attached hydrogen (secondary N) is 1. The Morgan fingerprint density at radius 1 is 1.12 bits per heavy atom. The van der Waals surface area contributed by atoms with Crippen LogP contribution in [0.25, 0.3) is 6.08 Å². The number of aromatic nitrogens is 1. The normalized spacial score (nSPS) is 23.8. The molecule has 0 aliphatic carbocycles. The van der Waals surface area contributed by atoms with E-state index in [0.29, 0.717) is 5.92 Å². The highest BCUT2D eigenvalue weighted by atomic mass is 15.2. The number of nitrogens with zero attached hydrogens (tertiary/aromatic N) is 2. The molecule has 2 saturated heterocycles. The van der Waals surface area contributed by atoms with Crippen molar-refractivity contribution in [3.8, 4) is 0 Å². The van der Waals surface area contributed by atoms with Gasteiger partial charge in [-0.3, -0.25) is 0 Å². The highest BCUT2D eigenvalue weighted by molar-refractivity contribution is 5.58. The van der Waals surface area contributed by atoms with Crippen molar-refractivity contribution in [1.82, 2.24) is 14.8 Å². The number of rotatable bonds is 5. The molecular weight excluding hydrogens is 318 g/mol. The summed E-state index contributed by atoms with van der Waals surface area (Å²) in [7, 11) is 2.26. The Bertz CT molecular complexity index is 611. The second-order valence-electron chi connectivity index (χ2n) is 8.45. The molecule has 0 bridgehead atoms. The van der Waals surface area contributed by atoms with Gasteiger partial charge in [-0.25, -0.2) is 0 Å². The fourth-order valence-electron chi connectivity index (χ4n) is 4.85. The second kappa shape index (κ2) is 9.05. The van der Waals surface area contributed by atoms with E-state index in [4.69, 9.17) is 0 Å². The van der Waals surface area contributed by atoms with E-state index in [1.54, 1.807) is 0 Å². The van der Waals surface area contributed by atoms with Gasteiger partial charge in [0, 0.05) is 18.4 Å². The molecule has 0 spiro atoms. The van der Waals surface area contributed by atoms with Gasteiger partial charge < -0.3 is 14.8 Å². The molecule has 3 rings (SSSR count). The Labute approximate surface area is 160 Å². The number of H-pyrrole nitrogens is 1. The van der Waals surface area contributed by atoms with Gasteiger partial charge in [0.1, 0.15) is 0 Å². The van der Waals surface area contributed by atoms with E-state index in [1.165, 1.54) is 68.6 Å². The number of piperidine rings is 2. The van der Waals surface area contributed by atoms with Crippen LogP contribution in [0.15, 0.2) is 30.1 Å². The van der Waals surface area contributed by atoms with Crippen molar-refractivity contribution in [2.45, 2.75) is 58.4 Å². The molecule has 0 radical (unpaired) electrons. The van der Waals surface area contributed by atoms with Crippen molar-refractivity contribution in [2.75, 3.05) is 33.2 Å². The standard InChI is InChI=1S/C23H37N3/c1-5-6-18(2)15-22-16-24-17-23(22)21-9-13-26(14-10-21)19(3)20-7-11-25(4)12-8-20/h5-6,15-17,19-21,24H,7-14H2,1-4H3/b6-5-,18-15-. The fraction of sp³-hybridized carbons (Fsp3) is 0.652. The summed E-state index contributed by atoms with van der Waals surface area (Å²) in [5, 5.41) is 0. The van der Waals surface area contributed by atoms with Crippen LogP contribution >= 0.6 is 0 Å². The molecule has 144 valence electrons. The molecule has 1 N–H and O–H groups in total. The molecule has 3 heterocycles. The van der Waals surface area contributed by atoms with Gasteiger partial charge in [0.05, 0.1) is 0 Å².